The van der Waals surface area contributed by atoms with Crippen molar-refractivity contribution in [1.29, 1.82) is 0 Å². The van der Waals surface area contributed by atoms with Gasteiger partial charge in [0.15, 0.2) is 0 Å². The molecule has 0 radical (unpaired) electrons. The fourth-order valence-corrected chi connectivity index (χ4v) is 3.11. The molecule has 20 heavy (non-hydrogen) atoms. The summed E-state index contributed by atoms with van der Waals surface area (Å²) in [5.41, 5.74) is 8.17. The van der Waals surface area contributed by atoms with Crippen LogP contribution in [-0.4, -0.2) is 41.2 Å². The van der Waals surface area contributed by atoms with Crippen LogP contribution in [0.15, 0.2) is 18.2 Å². The van der Waals surface area contributed by atoms with Gasteiger partial charge in [-0.1, -0.05) is 0 Å². The van der Waals surface area contributed by atoms with E-state index >= 15 is 0 Å². The summed E-state index contributed by atoms with van der Waals surface area (Å²) in [6.07, 6.45) is 2.22. The Balaban J connectivity index is 2.01. The van der Waals surface area contributed by atoms with Gasteiger partial charge in [0, 0.05) is 24.7 Å². The summed E-state index contributed by atoms with van der Waals surface area (Å²) in [5, 5.41) is 0. The number of rotatable bonds is 2. The predicted octanol–water partition coefficient (Wildman–Crippen LogP) is 2.28. The first kappa shape index (κ1) is 13.2. The molecule has 1 saturated heterocycles. The minimum atomic E-state index is 0.430. The van der Waals surface area contributed by atoms with Gasteiger partial charge in [0.25, 0.3) is 0 Å². The highest BCUT2D eigenvalue weighted by atomic mass is 16.5. The van der Waals surface area contributed by atoms with Crippen molar-refractivity contribution >= 4 is 17.0 Å². The summed E-state index contributed by atoms with van der Waals surface area (Å²) in [7, 11) is 3.85. The minimum absolute atomic E-state index is 0.430. The Morgan fingerprint density at radius 3 is 2.90 bits per heavy atom. The van der Waals surface area contributed by atoms with Gasteiger partial charge in [0.2, 0.25) is 5.95 Å². The van der Waals surface area contributed by atoms with Crippen LogP contribution >= 0.6 is 0 Å². The van der Waals surface area contributed by atoms with Gasteiger partial charge < -0.3 is 19.9 Å². The molecule has 1 aliphatic rings. The second-order valence-corrected chi connectivity index (χ2v) is 5.70. The van der Waals surface area contributed by atoms with Crippen molar-refractivity contribution in [1.82, 2.24) is 14.5 Å². The SMILES string of the molecule is COc1ccc2c(c1)nc(N)n2C1CCN(C)C(C)C1. The number of anilines is 1. The predicted molar refractivity (Wildman–Crippen MR) is 81.1 cm³/mol. The van der Waals surface area contributed by atoms with Crippen LogP contribution in [0.4, 0.5) is 5.95 Å². The van der Waals surface area contributed by atoms with Crippen molar-refractivity contribution in [3.05, 3.63) is 18.2 Å². The molecule has 5 nitrogen and oxygen atoms in total. The molecule has 2 heterocycles. The molecular formula is C15H22N4O. The van der Waals surface area contributed by atoms with Crippen molar-refractivity contribution in [2.24, 2.45) is 0 Å². The molecule has 2 aromatic rings. The molecule has 108 valence electrons. The number of fused-ring (bicyclic) bond motifs is 1. The number of imidazole rings is 1. The summed E-state index contributed by atoms with van der Waals surface area (Å²) in [5.74, 6) is 1.42. The largest absolute Gasteiger partial charge is 0.497 e. The molecule has 2 N–H and O–H groups in total. The molecule has 0 bridgehead atoms. The smallest absolute Gasteiger partial charge is 0.201 e. The third-order valence-electron chi connectivity index (χ3n) is 4.47. The van der Waals surface area contributed by atoms with Crippen molar-refractivity contribution < 1.29 is 4.74 Å². The number of ether oxygens (including phenoxy) is 1. The van der Waals surface area contributed by atoms with Gasteiger partial charge in [0.05, 0.1) is 18.1 Å². The number of benzene rings is 1. The Hall–Kier alpha value is -1.75. The summed E-state index contributed by atoms with van der Waals surface area (Å²) < 4.78 is 7.44. The highest BCUT2D eigenvalue weighted by Gasteiger charge is 2.26. The molecule has 0 saturated carbocycles. The number of hydrogen-bond acceptors (Lipinski definition) is 4. The minimum Gasteiger partial charge on any atom is -0.497 e. The van der Waals surface area contributed by atoms with Gasteiger partial charge in [-0.2, -0.15) is 0 Å². The number of nitrogens with two attached hydrogens (primary N) is 1. The van der Waals surface area contributed by atoms with Gasteiger partial charge in [-0.05, 0) is 38.9 Å². The first-order valence-electron chi connectivity index (χ1n) is 7.12. The summed E-state index contributed by atoms with van der Waals surface area (Å²) in [6, 6.07) is 6.97. The van der Waals surface area contributed by atoms with E-state index < -0.39 is 0 Å². The van der Waals surface area contributed by atoms with Gasteiger partial charge in [-0.15, -0.1) is 0 Å². The van der Waals surface area contributed by atoms with E-state index in [0.717, 1.165) is 36.2 Å². The average molecular weight is 274 g/mol. The van der Waals surface area contributed by atoms with Crippen molar-refractivity contribution in [2.75, 3.05) is 26.4 Å². The number of piperidine rings is 1. The quantitative estimate of drug-likeness (QED) is 0.913. The Morgan fingerprint density at radius 2 is 2.20 bits per heavy atom. The molecule has 5 heteroatoms. The second kappa shape index (κ2) is 4.98. The molecule has 1 fully saturated rings. The van der Waals surface area contributed by atoms with Crippen LogP contribution in [0.1, 0.15) is 25.8 Å². The van der Waals surface area contributed by atoms with E-state index in [-0.39, 0.29) is 0 Å². The zero-order chi connectivity index (χ0) is 14.3. The molecule has 0 spiro atoms. The number of nitrogens with zero attached hydrogens (tertiary/aromatic N) is 3. The lowest BCUT2D eigenvalue weighted by Crippen LogP contribution is -2.38. The van der Waals surface area contributed by atoms with Gasteiger partial charge in [0.1, 0.15) is 5.75 Å². The summed E-state index contributed by atoms with van der Waals surface area (Å²) in [6.45, 7) is 3.37. The molecule has 0 amide bonds. The van der Waals surface area contributed by atoms with Gasteiger partial charge in [-0.3, -0.25) is 0 Å². The van der Waals surface area contributed by atoms with Crippen LogP contribution in [0.5, 0.6) is 5.75 Å². The lowest BCUT2D eigenvalue weighted by molar-refractivity contribution is 0.159. The fraction of sp³-hybridized carbons (Fsp3) is 0.533. The van der Waals surface area contributed by atoms with Crippen LogP contribution in [-0.2, 0) is 0 Å². The van der Waals surface area contributed by atoms with E-state index in [1.54, 1.807) is 7.11 Å². The fourth-order valence-electron chi connectivity index (χ4n) is 3.11. The lowest BCUT2D eigenvalue weighted by Gasteiger charge is -2.36. The van der Waals surface area contributed by atoms with E-state index in [9.17, 15) is 0 Å². The summed E-state index contributed by atoms with van der Waals surface area (Å²) >= 11 is 0. The average Bonchev–Trinajstić information content (AvgIpc) is 2.76. The van der Waals surface area contributed by atoms with Gasteiger partial charge >= 0.3 is 0 Å². The van der Waals surface area contributed by atoms with E-state index in [1.165, 1.54) is 0 Å². The van der Waals surface area contributed by atoms with Gasteiger partial charge in [-0.25, -0.2) is 4.98 Å². The standard InChI is InChI=1S/C15H22N4O/c1-10-8-11(6-7-18(10)2)19-14-5-4-12(20-3)9-13(14)17-15(19)16/h4-5,9-11H,6-8H2,1-3H3,(H2,16,17). The number of hydrogen-bond donors (Lipinski definition) is 1. The first-order valence-corrected chi connectivity index (χ1v) is 7.12. The third-order valence-corrected chi connectivity index (χ3v) is 4.47. The number of likely N-dealkylation sites (tertiary alicyclic amines) is 1. The Bertz CT molecular complexity index is 622. The lowest BCUT2D eigenvalue weighted by atomic mass is 9.98. The Labute approximate surface area is 119 Å². The molecule has 1 aromatic heterocycles. The van der Waals surface area contributed by atoms with Crippen molar-refractivity contribution in [3.8, 4) is 5.75 Å². The Morgan fingerprint density at radius 1 is 1.40 bits per heavy atom. The summed E-state index contributed by atoms with van der Waals surface area (Å²) in [4.78, 5) is 6.89. The molecule has 0 aliphatic carbocycles. The highest BCUT2D eigenvalue weighted by molar-refractivity contribution is 5.80. The van der Waals surface area contributed by atoms with Crippen molar-refractivity contribution in [3.63, 3.8) is 0 Å². The van der Waals surface area contributed by atoms with Crippen LogP contribution < -0.4 is 10.5 Å². The second-order valence-electron chi connectivity index (χ2n) is 5.70. The van der Waals surface area contributed by atoms with E-state index in [0.29, 0.717) is 18.0 Å². The Kier molecular flexibility index (Phi) is 3.30. The van der Waals surface area contributed by atoms with Crippen LogP contribution in [0.2, 0.25) is 0 Å². The monoisotopic (exact) mass is 274 g/mol. The molecule has 2 atom stereocenters. The molecule has 1 aliphatic heterocycles. The molecule has 1 aromatic carbocycles. The number of methoxy groups -OCH3 is 1. The zero-order valence-corrected chi connectivity index (χ0v) is 12.3. The zero-order valence-electron chi connectivity index (χ0n) is 12.3. The first-order chi connectivity index (χ1) is 9.60. The topological polar surface area (TPSA) is 56.3 Å². The van der Waals surface area contributed by atoms with Crippen LogP contribution in [0, 0.1) is 0 Å². The van der Waals surface area contributed by atoms with Crippen LogP contribution in [0.3, 0.4) is 0 Å². The van der Waals surface area contributed by atoms with E-state index in [4.69, 9.17) is 10.5 Å². The third kappa shape index (κ3) is 2.12. The highest BCUT2D eigenvalue weighted by Crippen LogP contribution is 2.32. The maximum absolute atomic E-state index is 6.15. The number of aromatic nitrogens is 2. The molecule has 3 rings (SSSR count). The maximum Gasteiger partial charge on any atom is 0.201 e. The van der Waals surface area contributed by atoms with E-state index in [2.05, 4.69) is 34.5 Å². The maximum atomic E-state index is 6.15. The number of nitrogen functional groups attached to an aromatic ring is 1. The molecular weight excluding hydrogens is 252 g/mol. The normalized spacial score (nSPS) is 24.1. The van der Waals surface area contributed by atoms with Crippen molar-refractivity contribution in [2.45, 2.75) is 31.8 Å². The molecule has 2 unspecified atom stereocenters. The van der Waals surface area contributed by atoms with E-state index in [1.807, 2.05) is 12.1 Å². The van der Waals surface area contributed by atoms with Crippen LogP contribution in [0.25, 0.3) is 11.0 Å².